The van der Waals surface area contributed by atoms with Crippen LogP contribution in [0.1, 0.15) is 64.2 Å². The van der Waals surface area contributed by atoms with E-state index >= 15 is 0 Å². The van der Waals surface area contributed by atoms with Gasteiger partial charge in [0.2, 0.25) is 0 Å². The SMILES string of the molecule is NCCCCCCCCCCCC(=O)ON. The fourth-order valence-electron chi connectivity index (χ4n) is 1.71. The van der Waals surface area contributed by atoms with Gasteiger partial charge in [-0.2, -0.15) is 5.90 Å². The third kappa shape index (κ3) is 11.5. The lowest BCUT2D eigenvalue weighted by molar-refractivity contribution is -0.144. The topological polar surface area (TPSA) is 78.3 Å². The first-order valence-electron chi connectivity index (χ1n) is 6.41. The molecule has 0 aliphatic rings. The lowest BCUT2D eigenvalue weighted by Crippen LogP contribution is -2.08. The van der Waals surface area contributed by atoms with Gasteiger partial charge in [0.1, 0.15) is 0 Å². The molecule has 0 unspecified atom stereocenters. The van der Waals surface area contributed by atoms with Gasteiger partial charge in [-0.3, -0.25) is 4.79 Å². The predicted octanol–water partition coefficient (Wildman–Crippen LogP) is 2.26. The van der Waals surface area contributed by atoms with Crippen LogP contribution in [0.25, 0.3) is 0 Å². The van der Waals surface area contributed by atoms with E-state index in [0.29, 0.717) is 6.42 Å². The van der Waals surface area contributed by atoms with Gasteiger partial charge in [0.25, 0.3) is 0 Å². The first-order chi connectivity index (χ1) is 7.81. The first-order valence-corrected chi connectivity index (χ1v) is 6.41. The number of carbonyl (C=O) groups excluding carboxylic acids is 1. The van der Waals surface area contributed by atoms with Gasteiger partial charge in [-0.15, -0.1) is 0 Å². The molecule has 16 heavy (non-hydrogen) atoms. The van der Waals surface area contributed by atoms with Gasteiger partial charge in [0.15, 0.2) is 0 Å². The Hall–Kier alpha value is -0.610. The Balaban J connectivity index is 2.96. The van der Waals surface area contributed by atoms with Gasteiger partial charge in [-0.1, -0.05) is 44.9 Å². The fraction of sp³-hybridized carbons (Fsp3) is 0.917. The Morgan fingerprint density at radius 1 is 0.812 bits per heavy atom. The summed E-state index contributed by atoms with van der Waals surface area (Å²) in [5.74, 6) is 4.43. The third-order valence-electron chi connectivity index (χ3n) is 2.72. The molecule has 0 rings (SSSR count). The summed E-state index contributed by atoms with van der Waals surface area (Å²) in [5.41, 5.74) is 5.41. The van der Waals surface area contributed by atoms with Gasteiger partial charge in [0, 0.05) is 6.42 Å². The molecule has 0 aromatic rings. The molecule has 0 heterocycles. The maximum atomic E-state index is 10.7. The summed E-state index contributed by atoms with van der Waals surface area (Å²) < 4.78 is 0. The summed E-state index contributed by atoms with van der Waals surface area (Å²) in [5, 5.41) is 0. The van der Waals surface area contributed by atoms with Crippen molar-refractivity contribution in [3.63, 3.8) is 0 Å². The van der Waals surface area contributed by atoms with Crippen molar-refractivity contribution >= 4 is 5.97 Å². The van der Waals surface area contributed by atoms with E-state index in [1.54, 1.807) is 0 Å². The molecule has 0 fully saturated rings. The largest absolute Gasteiger partial charge is 0.373 e. The molecule has 0 aliphatic heterocycles. The smallest absolute Gasteiger partial charge is 0.324 e. The van der Waals surface area contributed by atoms with Crippen molar-refractivity contribution in [3.05, 3.63) is 0 Å². The molecule has 0 saturated heterocycles. The maximum absolute atomic E-state index is 10.7. The molecule has 0 atom stereocenters. The molecule has 4 N–H and O–H groups in total. The van der Waals surface area contributed by atoms with E-state index in [9.17, 15) is 4.79 Å². The van der Waals surface area contributed by atoms with E-state index in [4.69, 9.17) is 11.6 Å². The first kappa shape index (κ1) is 15.4. The van der Waals surface area contributed by atoms with E-state index in [2.05, 4.69) is 4.84 Å². The zero-order valence-electron chi connectivity index (χ0n) is 10.2. The molecule has 4 heteroatoms. The Labute approximate surface area is 98.7 Å². The van der Waals surface area contributed by atoms with Crippen LogP contribution in [-0.2, 0) is 9.63 Å². The van der Waals surface area contributed by atoms with Crippen LogP contribution in [0, 0.1) is 0 Å². The Kier molecular flexibility index (Phi) is 12.0. The van der Waals surface area contributed by atoms with E-state index in [0.717, 1.165) is 25.8 Å². The van der Waals surface area contributed by atoms with Crippen molar-refractivity contribution in [1.29, 1.82) is 0 Å². The van der Waals surface area contributed by atoms with Crippen LogP contribution in [0.4, 0.5) is 0 Å². The highest BCUT2D eigenvalue weighted by Gasteiger charge is 1.99. The van der Waals surface area contributed by atoms with Crippen molar-refractivity contribution in [2.45, 2.75) is 64.2 Å². The summed E-state index contributed by atoms with van der Waals surface area (Å²) in [4.78, 5) is 14.8. The molecule has 0 aromatic heterocycles. The molecule has 0 aromatic carbocycles. The Bertz CT molecular complexity index is 163. The van der Waals surface area contributed by atoms with E-state index in [1.807, 2.05) is 0 Å². The van der Waals surface area contributed by atoms with Crippen molar-refractivity contribution in [2.75, 3.05) is 6.54 Å². The van der Waals surface area contributed by atoms with Gasteiger partial charge in [0.05, 0.1) is 0 Å². The number of hydrogen-bond donors (Lipinski definition) is 2. The van der Waals surface area contributed by atoms with Crippen LogP contribution >= 0.6 is 0 Å². The second kappa shape index (κ2) is 12.5. The highest BCUT2D eigenvalue weighted by atomic mass is 16.7. The van der Waals surface area contributed by atoms with Crippen molar-refractivity contribution in [1.82, 2.24) is 0 Å². The Morgan fingerprint density at radius 2 is 1.25 bits per heavy atom. The van der Waals surface area contributed by atoms with E-state index in [1.165, 1.54) is 38.5 Å². The highest BCUT2D eigenvalue weighted by molar-refractivity contribution is 5.68. The Morgan fingerprint density at radius 3 is 1.69 bits per heavy atom. The summed E-state index contributed by atoms with van der Waals surface area (Å²) in [6.07, 6.45) is 11.2. The molecule has 96 valence electrons. The number of hydrogen-bond acceptors (Lipinski definition) is 4. The zero-order chi connectivity index (χ0) is 12.1. The normalized spacial score (nSPS) is 10.4. The van der Waals surface area contributed by atoms with Gasteiger partial charge < -0.3 is 10.6 Å². The number of rotatable bonds is 11. The number of unbranched alkanes of at least 4 members (excludes halogenated alkanes) is 8. The van der Waals surface area contributed by atoms with E-state index < -0.39 is 0 Å². The average molecular weight is 230 g/mol. The molecule has 0 bridgehead atoms. The van der Waals surface area contributed by atoms with Gasteiger partial charge in [-0.05, 0) is 19.4 Å². The molecular weight excluding hydrogens is 204 g/mol. The number of carbonyl (C=O) groups is 1. The van der Waals surface area contributed by atoms with Crippen LogP contribution in [0.15, 0.2) is 0 Å². The highest BCUT2D eigenvalue weighted by Crippen LogP contribution is 2.10. The fourth-order valence-corrected chi connectivity index (χ4v) is 1.71. The zero-order valence-corrected chi connectivity index (χ0v) is 10.2. The van der Waals surface area contributed by atoms with Crippen molar-refractivity contribution < 1.29 is 9.63 Å². The van der Waals surface area contributed by atoms with Gasteiger partial charge >= 0.3 is 5.97 Å². The quantitative estimate of drug-likeness (QED) is 0.421. The van der Waals surface area contributed by atoms with Crippen LogP contribution in [0.3, 0.4) is 0 Å². The minimum atomic E-state index is -0.304. The molecule has 0 radical (unpaired) electrons. The standard InChI is InChI=1S/C12H26N2O2/c13-11-9-7-5-3-1-2-4-6-8-10-12(15)16-14/h1-11,13-14H2. The molecule has 4 nitrogen and oxygen atoms in total. The van der Waals surface area contributed by atoms with Crippen LogP contribution in [0.2, 0.25) is 0 Å². The molecule has 0 aliphatic carbocycles. The van der Waals surface area contributed by atoms with Crippen molar-refractivity contribution in [2.24, 2.45) is 11.6 Å². The minimum absolute atomic E-state index is 0.304. The maximum Gasteiger partial charge on any atom is 0.324 e. The summed E-state index contributed by atoms with van der Waals surface area (Å²) in [6, 6.07) is 0. The van der Waals surface area contributed by atoms with Crippen LogP contribution in [0.5, 0.6) is 0 Å². The van der Waals surface area contributed by atoms with Gasteiger partial charge in [-0.25, -0.2) is 0 Å². The monoisotopic (exact) mass is 230 g/mol. The average Bonchev–Trinajstić information content (AvgIpc) is 2.31. The molecule has 0 spiro atoms. The lowest BCUT2D eigenvalue weighted by Gasteiger charge is -2.01. The van der Waals surface area contributed by atoms with Crippen LogP contribution < -0.4 is 11.6 Å². The van der Waals surface area contributed by atoms with Crippen LogP contribution in [-0.4, -0.2) is 12.5 Å². The lowest BCUT2D eigenvalue weighted by atomic mass is 10.1. The second-order valence-corrected chi connectivity index (χ2v) is 4.21. The minimum Gasteiger partial charge on any atom is -0.373 e. The van der Waals surface area contributed by atoms with E-state index in [-0.39, 0.29) is 5.97 Å². The predicted molar refractivity (Wildman–Crippen MR) is 65.5 cm³/mol. The summed E-state index contributed by atoms with van der Waals surface area (Å²) in [7, 11) is 0. The summed E-state index contributed by atoms with van der Waals surface area (Å²) >= 11 is 0. The number of nitrogens with two attached hydrogens (primary N) is 2. The molecular formula is C12H26N2O2. The summed E-state index contributed by atoms with van der Waals surface area (Å²) in [6.45, 7) is 0.817. The second-order valence-electron chi connectivity index (χ2n) is 4.21. The molecule has 0 saturated carbocycles. The van der Waals surface area contributed by atoms with Crippen molar-refractivity contribution in [3.8, 4) is 0 Å². The third-order valence-corrected chi connectivity index (χ3v) is 2.72. The molecule has 0 amide bonds.